The van der Waals surface area contributed by atoms with Gasteiger partial charge in [0.1, 0.15) is 0 Å². The Bertz CT molecular complexity index is 761. The van der Waals surface area contributed by atoms with Gasteiger partial charge in [0, 0.05) is 13.5 Å². The Labute approximate surface area is 153 Å². The van der Waals surface area contributed by atoms with Gasteiger partial charge in [-0.3, -0.25) is 9.59 Å². The highest BCUT2D eigenvalue weighted by atomic mass is 16.2. The fourth-order valence-electron chi connectivity index (χ4n) is 3.49. The van der Waals surface area contributed by atoms with E-state index in [2.05, 4.69) is 27.6 Å². The van der Waals surface area contributed by atoms with E-state index in [0.29, 0.717) is 12.1 Å². The lowest BCUT2D eigenvalue weighted by molar-refractivity contribution is -0.133. The second kappa shape index (κ2) is 8.08. The molecule has 6 heteroatoms. The molecular weight excluding hydrogens is 328 g/mol. The fraction of sp³-hybridized carbons (Fsp3) is 0.400. The average molecular weight is 352 g/mol. The molecule has 26 heavy (non-hydrogen) atoms. The van der Waals surface area contributed by atoms with Gasteiger partial charge in [-0.25, -0.2) is 0 Å². The molecule has 0 radical (unpaired) electrons. The molecule has 2 aromatic rings. The maximum Gasteiger partial charge on any atom is 0.272 e. The molecule has 6 nitrogen and oxygen atoms in total. The van der Waals surface area contributed by atoms with Gasteiger partial charge in [0.15, 0.2) is 5.69 Å². The summed E-state index contributed by atoms with van der Waals surface area (Å²) >= 11 is 0. The van der Waals surface area contributed by atoms with E-state index in [1.165, 1.54) is 0 Å². The van der Waals surface area contributed by atoms with Crippen molar-refractivity contribution in [2.75, 3.05) is 6.54 Å². The van der Waals surface area contributed by atoms with Gasteiger partial charge in [-0.2, -0.15) is 5.10 Å². The maximum atomic E-state index is 12.6. The highest BCUT2D eigenvalue weighted by Crippen LogP contribution is 2.22. The fourth-order valence-corrected chi connectivity index (χ4v) is 3.49. The number of aromatic nitrogens is 2. The monoisotopic (exact) mass is 352 g/mol. The van der Waals surface area contributed by atoms with Crippen LogP contribution >= 0.6 is 0 Å². The summed E-state index contributed by atoms with van der Waals surface area (Å²) in [6.45, 7) is 4.15. The number of benzene rings is 1. The van der Waals surface area contributed by atoms with Crippen molar-refractivity contribution in [3.05, 3.63) is 59.4 Å². The van der Waals surface area contributed by atoms with E-state index in [9.17, 15) is 9.59 Å². The Kier molecular flexibility index (Phi) is 5.61. The summed E-state index contributed by atoms with van der Waals surface area (Å²) in [4.78, 5) is 26.6. The van der Waals surface area contributed by atoms with Crippen LogP contribution in [0.1, 0.15) is 41.5 Å². The molecule has 0 aliphatic carbocycles. The zero-order valence-electron chi connectivity index (χ0n) is 15.2. The third-order valence-corrected chi connectivity index (χ3v) is 4.82. The number of nitrogens with zero attached hydrogens (tertiary/aromatic N) is 3. The second-order valence-electron chi connectivity index (χ2n) is 6.75. The average Bonchev–Trinajstić information content (AvgIpc) is 2.64. The van der Waals surface area contributed by atoms with Gasteiger partial charge in [0.2, 0.25) is 5.91 Å². The number of hydrogen-bond donors (Lipinski definition) is 1. The molecule has 1 N–H and O–H groups in total. The molecule has 0 unspecified atom stereocenters. The first kappa shape index (κ1) is 18.0. The minimum Gasteiger partial charge on any atom is -0.346 e. The summed E-state index contributed by atoms with van der Waals surface area (Å²) in [6, 6.07) is 13.3. The molecule has 2 heterocycles. The van der Waals surface area contributed by atoms with E-state index in [1.54, 1.807) is 19.1 Å². The number of carbonyl (C=O) groups is 2. The van der Waals surface area contributed by atoms with Crippen molar-refractivity contribution >= 4 is 11.8 Å². The molecule has 1 aliphatic rings. The van der Waals surface area contributed by atoms with Crippen molar-refractivity contribution in [2.24, 2.45) is 0 Å². The number of piperidine rings is 1. The molecule has 0 bridgehead atoms. The zero-order valence-corrected chi connectivity index (χ0v) is 15.2. The first-order valence-electron chi connectivity index (χ1n) is 8.97. The minimum absolute atomic E-state index is 0.0417. The Morgan fingerprint density at radius 3 is 2.58 bits per heavy atom. The molecule has 0 saturated carbocycles. The van der Waals surface area contributed by atoms with Gasteiger partial charge in [0.25, 0.3) is 5.91 Å². The van der Waals surface area contributed by atoms with Crippen molar-refractivity contribution in [3.8, 4) is 0 Å². The maximum absolute atomic E-state index is 12.6. The van der Waals surface area contributed by atoms with Crippen LogP contribution in [0.25, 0.3) is 0 Å². The number of carbonyl (C=O) groups excluding carboxylic acids is 2. The van der Waals surface area contributed by atoms with Crippen LogP contribution in [-0.4, -0.2) is 45.5 Å². The molecule has 0 spiro atoms. The number of aryl methyl sites for hydroxylation is 1. The molecule has 1 saturated heterocycles. The van der Waals surface area contributed by atoms with Crippen molar-refractivity contribution in [2.45, 2.75) is 45.2 Å². The van der Waals surface area contributed by atoms with Gasteiger partial charge in [-0.05, 0) is 43.9 Å². The standard InChI is InChI=1S/C20H24N4O2/c1-14-10-11-18(23-22-14)20(26)21-17-9-6-12-24(15(2)25)19(17)13-16-7-4-3-5-8-16/h3-5,7-8,10-11,17,19H,6,9,12-13H2,1-2H3,(H,21,26)/t17-,19-/m0/s1. The molecule has 2 atom stereocenters. The summed E-state index contributed by atoms with van der Waals surface area (Å²) in [5.41, 5.74) is 2.22. The highest BCUT2D eigenvalue weighted by Gasteiger charge is 2.34. The van der Waals surface area contributed by atoms with Crippen molar-refractivity contribution in [1.82, 2.24) is 20.4 Å². The molecule has 2 amide bonds. The minimum atomic E-state index is -0.244. The van der Waals surface area contributed by atoms with Crippen LogP contribution in [0, 0.1) is 6.92 Å². The number of nitrogens with one attached hydrogen (secondary N) is 1. The zero-order chi connectivity index (χ0) is 18.5. The largest absolute Gasteiger partial charge is 0.346 e. The summed E-state index contributed by atoms with van der Waals surface area (Å²) in [7, 11) is 0. The van der Waals surface area contributed by atoms with Crippen LogP contribution < -0.4 is 5.32 Å². The predicted octanol–water partition coefficient (Wildman–Crippen LogP) is 2.14. The Balaban J connectivity index is 1.78. The lowest BCUT2D eigenvalue weighted by Crippen LogP contribution is -2.57. The van der Waals surface area contributed by atoms with Crippen LogP contribution in [0.3, 0.4) is 0 Å². The van der Waals surface area contributed by atoms with Crippen molar-refractivity contribution in [1.29, 1.82) is 0 Å². The molecule has 136 valence electrons. The van der Waals surface area contributed by atoms with E-state index in [0.717, 1.165) is 30.6 Å². The lowest BCUT2D eigenvalue weighted by Gasteiger charge is -2.41. The van der Waals surface area contributed by atoms with E-state index < -0.39 is 0 Å². The van der Waals surface area contributed by atoms with Crippen LogP contribution in [0.4, 0.5) is 0 Å². The quantitative estimate of drug-likeness (QED) is 0.915. The number of likely N-dealkylation sites (tertiary alicyclic amines) is 1. The van der Waals surface area contributed by atoms with E-state index >= 15 is 0 Å². The molecular formula is C20H24N4O2. The summed E-state index contributed by atoms with van der Waals surface area (Å²) in [5.74, 6) is -0.203. The van der Waals surface area contributed by atoms with Gasteiger partial charge < -0.3 is 10.2 Å². The van der Waals surface area contributed by atoms with E-state index in [4.69, 9.17) is 0 Å². The summed E-state index contributed by atoms with van der Waals surface area (Å²) < 4.78 is 0. The van der Waals surface area contributed by atoms with E-state index in [1.807, 2.05) is 30.0 Å². The SMILES string of the molecule is CC(=O)N1CCC[C@H](NC(=O)c2ccc(C)nn2)[C@@H]1Cc1ccccc1. The summed E-state index contributed by atoms with van der Waals surface area (Å²) in [6.07, 6.45) is 2.42. The predicted molar refractivity (Wildman–Crippen MR) is 98.6 cm³/mol. The van der Waals surface area contributed by atoms with Crippen molar-refractivity contribution in [3.63, 3.8) is 0 Å². The van der Waals surface area contributed by atoms with Gasteiger partial charge in [-0.1, -0.05) is 30.3 Å². The number of hydrogen-bond acceptors (Lipinski definition) is 4. The second-order valence-corrected chi connectivity index (χ2v) is 6.75. The topological polar surface area (TPSA) is 75.2 Å². The Hall–Kier alpha value is -2.76. The van der Waals surface area contributed by atoms with Gasteiger partial charge in [0.05, 0.1) is 17.8 Å². The van der Waals surface area contributed by atoms with Crippen LogP contribution in [-0.2, 0) is 11.2 Å². The molecule has 1 aromatic carbocycles. The molecule has 1 fully saturated rings. The van der Waals surface area contributed by atoms with Crippen LogP contribution in [0.15, 0.2) is 42.5 Å². The third kappa shape index (κ3) is 4.25. The molecule has 3 rings (SSSR count). The van der Waals surface area contributed by atoms with Gasteiger partial charge in [-0.15, -0.1) is 5.10 Å². The highest BCUT2D eigenvalue weighted by molar-refractivity contribution is 5.92. The number of rotatable bonds is 4. The normalized spacial score (nSPS) is 19.8. The van der Waals surface area contributed by atoms with E-state index in [-0.39, 0.29) is 23.9 Å². The van der Waals surface area contributed by atoms with Gasteiger partial charge >= 0.3 is 0 Å². The first-order chi connectivity index (χ1) is 12.5. The Morgan fingerprint density at radius 2 is 1.92 bits per heavy atom. The van der Waals surface area contributed by atoms with Crippen molar-refractivity contribution < 1.29 is 9.59 Å². The smallest absolute Gasteiger partial charge is 0.272 e. The lowest BCUT2D eigenvalue weighted by atomic mass is 9.90. The first-order valence-corrected chi connectivity index (χ1v) is 8.97. The third-order valence-electron chi connectivity index (χ3n) is 4.82. The van der Waals surface area contributed by atoms with Crippen LogP contribution in [0.2, 0.25) is 0 Å². The Morgan fingerprint density at radius 1 is 1.15 bits per heavy atom. The molecule has 1 aliphatic heterocycles. The summed E-state index contributed by atoms with van der Waals surface area (Å²) in [5, 5.41) is 11.0. The molecule has 1 aromatic heterocycles. The van der Waals surface area contributed by atoms with Crippen LogP contribution in [0.5, 0.6) is 0 Å². The number of amides is 2.